The van der Waals surface area contributed by atoms with E-state index in [9.17, 15) is 34.5 Å². The first-order valence-electron chi connectivity index (χ1n) is 10.8. The number of carbonyl (C=O) groups is 4. The van der Waals surface area contributed by atoms with Gasteiger partial charge in [0.15, 0.2) is 11.5 Å². The van der Waals surface area contributed by atoms with Gasteiger partial charge in [0.05, 0.1) is 16.5 Å². The lowest BCUT2D eigenvalue weighted by Gasteiger charge is -2.36. The minimum atomic E-state index is -1.18. The van der Waals surface area contributed by atoms with E-state index in [0.29, 0.717) is 5.56 Å². The standard InChI is InChI=1S/C22H28N4O8S/c1-21(2,3)34-20(33)24-12(7-11-5-6-13(27)14(28)8-11)18(30)25-23-10-22(4)17(19(31)32)26-15(29)9-16(26)35-22/h5-6,8,10,12,16-17,27-28H,7,9H2,1-4H3,(H,24,33)(H,25,30)(H,31,32)/b23-10+/t12-,16-,17+,22+/m1/s1. The summed E-state index contributed by atoms with van der Waals surface area (Å²) in [5, 5.41) is 35.0. The van der Waals surface area contributed by atoms with Gasteiger partial charge in [-0.25, -0.2) is 15.0 Å². The largest absolute Gasteiger partial charge is 0.504 e. The number of phenols is 2. The molecule has 1 aromatic rings. The van der Waals surface area contributed by atoms with Crippen LogP contribution >= 0.6 is 11.8 Å². The van der Waals surface area contributed by atoms with Gasteiger partial charge in [0, 0.05) is 12.6 Å². The quantitative estimate of drug-likeness (QED) is 0.156. The maximum absolute atomic E-state index is 12.9. The molecule has 4 atom stereocenters. The highest BCUT2D eigenvalue weighted by atomic mass is 32.2. The third-order valence-electron chi connectivity index (χ3n) is 5.38. The molecular weight excluding hydrogens is 480 g/mol. The second-order valence-corrected chi connectivity index (χ2v) is 11.1. The number of phenolic OH excluding ortho intramolecular Hbond substituents is 2. The van der Waals surface area contributed by atoms with Gasteiger partial charge in [-0.15, -0.1) is 11.8 Å². The monoisotopic (exact) mass is 508 g/mol. The predicted molar refractivity (Wildman–Crippen MR) is 126 cm³/mol. The number of hydrogen-bond donors (Lipinski definition) is 5. The molecule has 0 aromatic heterocycles. The number of rotatable bonds is 7. The van der Waals surface area contributed by atoms with Crippen LogP contribution in [0.1, 0.15) is 39.7 Å². The number of aromatic hydroxyl groups is 2. The Morgan fingerprint density at radius 2 is 2.00 bits per heavy atom. The lowest BCUT2D eigenvalue weighted by Crippen LogP contribution is -2.57. The summed E-state index contributed by atoms with van der Waals surface area (Å²) in [6, 6.07) is 1.68. The van der Waals surface area contributed by atoms with Crippen LogP contribution in [0.4, 0.5) is 4.79 Å². The molecule has 2 aliphatic rings. The molecule has 190 valence electrons. The van der Waals surface area contributed by atoms with Crippen LogP contribution in [0.5, 0.6) is 11.5 Å². The SMILES string of the molecule is CC(C)(C)OC(=O)N[C@H](Cc1ccc(O)c(O)c1)C(=O)N/N=C/[C@]1(C)S[C@@H]2CC(=O)N2[C@H]1C(=O)O. The van der Waals surface area contributed by atoms with E-state index in [1.165, 1.54) is 41.1 Å². The topological polar surface area (TPSA) is 178 Å². The number of benzene rings is 1. The average molecular weight is 509 g/mol. The molecule has 1 aromatic carbocycles. The van der Waals surface area contributed by atoms with Crippen LogP contribution in [0.25, 0.3) is 0 Å². The van der Waals surface area contributed by atoms with E-state index in [2.05, 4.69) is 15.8 Å². The van der Waals surface area contributed by atoms with Crippen LogP contribution in [-0.4, -0.2) is 78.1 Å². The number of amides is 3. The zero-order valence-electron chi connectivity index (χ0n) is 19.6. The maximum atomic E-state index is 12.9. The smallest absolute Gasteiger partial charge is 0.408 e. The summed E-state index contributed by atoms with van der Waals surface area (Å²) in [6.07, 6.45) is 0.599. The minimum Gasteiger partial charge on any atom is -0.504 e. The van der Waals surface area contributed by atoms with Crippen molar-refractivity contribution in [3.05, 3.63) is 23.8 Å². The number of aliphatic carboxylic acids is 1. The Hall–Kier alpha value is -3.48. The van der Waals surface area contributed by atoms with Gasteiger partial charge in [0.25, 0.3) is 5.91 Å². The van der Waals surface area contributed by atoms with Crippen molar-refractivity contribution in [1.82, 2.24) is 15.6 Å². The maximum Gasteiger partial charge on any atom is 0.408 e. The van der Waals surface area contributed by atoms with Crippen LogP contribution in [0, 0.1) is 0 Å². The molecule has 5 N–H and O–H groups in total. The lowest BCUT2D eigenvalue weighted by molar-refractivity contribution is -0.156. The van der Waals surface area contributed by atoms with Crippen LogP contribution in [0.3, 0.4) is 0 Å². The van der Waals surface area contributed by atoms with Gasteiger partial charge in [0.2, 0.25) is 5.91 Å². The molecule has 3 rings (SSSR count). The normalized spacial score (nSPS) is 24.5. The Labute approximate surface area is 205 Å². The number of thioether (sulfide) groups is 1. The Balaban J connectivity index is 1.74. The number of β-lactam (4-membered cyclic amide) rings is 1. The third-order valence-corrected chi connectivity index (χ3v) is 6.88. The molecule has 2 heterocycles. The number of fused-ring (bicyclic) bond motifs is 1. The number of hydrazone groups is 1. The van der Waals surface area contributed by atoms with Crippen molar-refractivity contribution in [1.29, 1.82) is 0 Å². The summed E-state index contributed by atoms with van der Waals surface area (Å²) < 4.78 is 4.14. The fourth-order valence-electron chi connectivity index (χ4n) is 3.80. The van der Waals surface area contributed by atoms with E-state index in [4.69, 9.17) is 4.74 Å². The number of carbonyl (C=O) groups excluding carboxylic acids is 3. The zero-order chi connectivity index (χ0) is 26.1. The van der Waals surface area contributed by atoms with E-state index in [1.54, 1.807) is 27.7 Å². The summed E-state index contributed by atoms with van der Waals surface area (Å²) >= 11 is 1.27. The van der Waals surface area contributed by atoms with Gasteiger partial charge in [-0.1, -0.05) is 6.07 Å². The summed E-state index contributed by atoms with van der Waals surface area (Å²) in [7, 11) is 0. The minimum absolute atomic E-state index is 0.0669. The van der Waals surface area contributed by atoms with E-state index in [0.717, 1.165) is 0 Å². The highest BCUT2D eigenvalue weighted by Gasteiger charge is 2.60. The number of nitrogens with zero attached hydrogens (tertiary/aromatic N) is 2. The van der Waals surface area contributed by atoms with Gasteiger partial charge in [-0.05, 0) is 45.4 Å². The highest BCUT2D eigenvalue weighted by molar-refractivity contribution is 8.02. The summed E-state index contributed by atoms with van der Waals surface area (Å²) in [4.78, 5) is 50.1. The molecule has 0 unspecified atom stereocenters. The third kappa shape index (κ3) is 5.96. The summed E-state index contributed by atoms with van der Waals surface area (Å²) in [6.45, 7) is 6.61. The molecule has 35 heavy (non-hydrogen) atoms. The van der Waals surface area contributed by atoms with E-state index in [-0.39, 0.29) is 35.6 Å². The first-order chi connectivity index (χ1) is 16.2. The molecule has 12 nitrogen and oxygen atoms in total. The van der Waals surface area contributed by atoms with Crippen molar-refractivity contribution in [3.63, 3.8) is 0 Å². The molecule has 0 bridgehead atoms. The number of carboxylic acids is 1. The van der Waals surface area contributed by atoms with Crippen molar-refractivity contribution in [2.45, 2.75) is 68.3 Å². The summed E-state index contributed by atoms with van der Waals surface area (Å²) in [5.41, 5.74) is 1.93. The molecule has 0 spiro atoms. The molecule has 3 amide bonds. The molecule has 2 saturated heterocycles. The molecule has 13 heteroatoms. The molecule has 2 fully saturated rings. The predicted octanol–water partition coefficient (Wildman–Crippen LogP) is 1.15. The second kappa shape index (κ2) is 9.64. The molecule has 2 aliphatic heterocycles. The Morgan fingerprint density at radius 3 is 2.57 bits per heavy atom. The second-order valence-electron chi connectivity index (χ2n) is 9.46. The van der Waals surface area contributed by atoms with Gasteiger partial charge in [-0.3, -0.25) is 9.59 Å². The first kappa shape index (κ1) is 26.1. The van der Waals surface area contributed by atoms with Crippen LogP contribution in [-0.2, 0) is 25.5 Å². The number of alkyl carbamates (subject to hydrolysis) is 1. The summed E-state index contributed by atoms with van der Waals surface area (Å²) in [5.74, 6) is -2.88. The van der Waals surface area contributed by atoms with Gasteiger partial charge in [-0.2, -0.15) is 5.10 Å². The van der Waals surface area contributed by atoms with Gasteiger partial charge >= 0.3 is 12.1 Å². The zero-order valence-corrected chi connectivity index (χ0v) is 20.5. The Kier molecular flexibility index (Phi) is 7.20. The van der Waals surface area contributed by atoms with Crippen molar-refractivity contribution in [2.24, 2.45) is 5.10 Å². The Morgan fingerprint density at radius 1 is 1.31 bits per heavy atom. The van der Waals surface area contributed by atoms with E-state index >= 15 is 0 Å². The lowest BCUT2D eigenvalue weighted by atomic mass is 9.97. The average Bonchev–Trinajstić information content (AvgIpc) is 2.96. The van der Waals surface area contributed by atoms with Crippen molar-refractivity contribution in [3.8, 4) is 11.5 Å². The van der Waals surface area contributed by atoms with Crippen molar-refractivity contribution >= 4 is 41.9 Å². The van der Waals surface area contributed by atoms with Crippen LogP contribution < -0.4 is 10.7 Å². The van der Waals surface area contributed by atoms with E-state index in [1.807, 2.05) is 0 Å². The molecular formula is C22H28N4O8S. The molecule has 0 radical (unpaired) electrons. The van der Waals surface area contributed by atoms with Crippen molar-refractivity contribution in [2.75, 3.05) is 0 Å². The van der Waals surface area contributed by atoms with Gasteiger partial charge in [0.1, 0.15) is 17.7 Å². The number of nitrogens with one attached hydrogen (secondary N) is 2. The fraction of sp³-hybridized carbons (Fsp3) is 0.500. The van der Waals surface area contributed by atoms with Gasteiger partial charge < -0.3 is 30.3 Å². The van der Waals surface area contributed by atoms with Crippen molar-refractivity contribution < 1.29 is 39.2 Å². The fourth-order valence-corrected chi connectivity index (χ4v) is 5.42. The highest BCUT2D eigenvalue weighted by Crippen LogP contribution is 2.50. The number of ether oxygens (including phenoxy) is 1. The van der Waals surface area contributed by atoms with E-state index < -0.39 is 40.4 Å². The molecule has 0 saturated carbocycles. The number of hydrogen-bond acceptors (Lipinski definition) is 9. The first-order valence-corrected chi connectivity index (χ1v) is 11.6. The van der Waals surface area contributed by atoms with Crippen LogP contribution in [0.15, 0.2) is 23.3 Å². The molecule has 0 aliphatic carbocycles. The Bertz CT molecular complexity index is 1070. The van der Waals surface area contributed by atoms with Crippen LogP contribution in [0.2, 0.25) is 0 Å². The number of carboxylic acid groups (broad SMARTS) is 1.